The topological polar surface area (TPSA) is 0 Å². The quantitative estimate of drug-likeness (QED) is 0.676. The van der Waals surface area contributed by atoms with Crippen LogP contribution >= 0.6 is 0 Å². The van der Waals surface area contributed by atoms with E-state index in [-0.39, 0.29) is 0 Å². The summed E-state index contributed by atoms with van der Waals surface area (Å²) in [5.74, 6) is 0. The molecule has 1 aliphatic carbocycles. The lowest BCUT2D eigenvalue weighted by molar-refractivity contribution is 1.05. The second kappa shape index (κ2) is 4.48. The fourth-order valence-corrected chi connectivity index (χ4v) is 2.12. The predicted octanol–water partition coefficient (Wildman–Crippen LogP) is 4.37. The van der Waals surface area contributed by atoms with Gasteiger partial charge in [-0.3, -0.25) is 0 Å². The number of hydrogen-bond acceptors (Lipinski definition) is 0. The van der Waals surface area contributed by atoms with Gasteiger partial charge >= 0.3 is 0 Å². The van der Waals surface area contributed by atoms with Crippen molar-refractivity contribution in [3.8, 4) is 0 Å². The van der Waals surface area contributed by atoms with Crippen molar-refractivity contribution < 1.29 is 0 Å². The molecule has 15 heavy (non-hydrogen) atoms. The van der Waals surface area contributed by atoms with Gasteiger partial charge in [0.2, 0.25) is 0 Å². The third-order valence-electron chi connectivity index (χ3n) is 3.11. The molecule has 0 atom stereocenters. The first-order chi connectivity index (χ1) is 7.35. The Balaban J connectivity index is 2.35. The van der Waals surface area contributed by atoms with Crippen LogP contribution in [0, 0.1) is 0 Å². The smallest absolute Gasteiger partial charge is 0.0126 e. The van der Waals surface area contributed by atoms with E-state index in [0.29, 0.717) is 0 Å². The molecule has 0 unspecified atom stereocenters. The molecular weight excluding hydrogens is 180 g/mol. The van der Waals surface area contributed by atoms with Crippen LogP contribution in [-0.4, -0.2) is 0 Å². The van der Waals surface area contributed by atoms with Crippen molar-refractivity contribution in [3.05, 3.63) is 53.1 Å². The van der Waals surface area contributed by atoms with Crippen molar-refractivity contribution in [2.45, 2.75) is 33.1 Å². The van der Waals surface area contributed by atoms with Gasteiger partial charge in [0.1, 0.15) is 0 Å². The molecule has 0 heterocycles. The van der Waals surface area contributed by atoms with Crippen LogP contribution in [-0.2, 0) is 6.42 Å². The van der Waals surface area contributed by atoms with Gasteiger partial charge in [-0.1, -0.05) is 55.8 Å². The Hall–Kier alpha value is -1.30. The molecular formula is C15H18. The predicted molar refractivity (Wildman–Crippen MR) is 66.8 cm³/mol. The summed E-state index contributed by atoms with van der Waals surface area (Å²) >= 11 is 0. The summed E-state index contributed by atoms with van der Waals surface area (Å²) in [7, 11) is 0. The highest BCUT2D eigenvalue weighted by molar-refractivity contribution is 5.79. The zero-order valence-electron chi connectivity index (χ0n) is 9.59. The van der Waals surface area contributed by atoms with Gasteiger partial charge in [-0.2, -0.15) is 0 Å². The van der Waals surface area contributed by atoms with Gasteiger partial charge in [-0.05, 0) is 36.0 Å². The first-order valence-corrected chi connectivity index (χ1v) is 5.83. The number of allylic oxidation sites excluding steroid dienone is 4. The van der Waals surface area contributed by atoms with E-state index < -0.39 is 0 Å². The highest BCUT2D eigenvalue weighted by Gasteiger charge is 2.09. The molecule has 0 heteroatoms. The van der Waals surface area contributed by atoms with Crippen LogP contribution in [0.3, 0.4) is 0 Å². The molecule has 0 spiro atoms. The van der Waals surface area contributed by atoms with Crippen molar-refractivity contribution in [1.29, 1.82) is 0 Å². The number of benzene rings is 1. The van der Waals surface area contributed by atoms with Crippen molar-refractivity contribution >= 4 is 5.57 Å². The minimum absolute atomic E-state index is 1.11. The van der Waals surface area contributed by atoms with Crippen molar-refractivity contribution in [2.75, 3.05) is 0 Å². The minimum atomic E-state index is 1.11. The fourth-order valence-electron chi connectivity index (χ4n) is 2.12. The van der Waals surface area contributed by atoms with Crippen LogP contribution in [0.2, 0.25) is 0 Å². The molecule has 1 aliphatic rings. The molecule has 2 rings (SSSR count). The molecule has 0 N–H and O–H groups in total. The Morgan fingerprint density at radius 3 is 2.53 bits per heavy atom. The third kappa shape index (κ3) is 2.04. The van der Waals surface area contributed by atoms with Crippen LogP contribution < -0.4 is 0 Å². The number of hydrogen-bond donors (Lipinski definition) is 0. The first-order valence-electron chi connectivity index (χ1n) is 5.83. The third-order valence-corrected chi connectivity index (χ3v) is 3.11. The SMILES string of the molecule is CCC1=CC(c2ccccc2CC)=CC1. The first kappa shape index (κ1) is 10.2. The summed E-state index contributed by atoms with van der Waals surface area (Å²) in [6.07, 6.45) is 8.14. The maximum atomic E-state index is 2.36. The van der Waals surface area contributed by atoms with Crippen molar-refractivity contribution in [1.82, 2.24) is 0 Å². The second-order valence-corrected chi connectivity index (χ2v) is 4.03. The Morgan fingerprint density at radius 2 is 1.87 bits per heavy atom. The molecule has 0 amide bonds. The maximum Gasteiger partial charge on any atom is -0.0126 e. The van der Waals surface area contributed by atoms with Gasteiger partial charge in [0.15, 0.2) is 0 Å². The van der Waals surface area contributed by atoms with Gasteiger partial charge in [0, 0.05) is 0 Å². The lowest BCUT2D eigenvalue weighted by Gasteiger charge is -2.06. The van der Waals surface area contributed by atoms with Gasteiger partial charge in [0.05, 0.1) is 0 Å². The summed E-state index contributed by atoms with van der Waals surface area (Å²) < 4.78 is 0. The average molecular weight is 198 g/mol. The minimum Gasteiger partial charge on any atom is -0.0726 e. The van der Waals surface area contributed by atoms with Crippen LogP contribution in [0.4, 0.5) is 0 Å². The second-order valence-electron chi connectivity index (χ2n) is 4.03. The van der Waals surface area contributed by atoms with Crippen LogP contribution in [0.1, 0.15) is 37.8 Å². The monoisotopic (exact) mass is 198 g/mol. The number of rotatable bonds is 3. The van der Waals surface area contributed by atoms with Gasteiger partial charge < -0.3 is 0 Å². The van der Waals surface area contributed by atoms with E-state index in [1.165, 1.54) is 23.1 Å². The van der Waals surface area contributed by atoms with Crippen molar-refractivity contribution in [2.24, 2.45) is 0 Å². The number of aryl methyl sites for hydroxylation is 1. The molecule has 78 valence electrons. The zero-order valence-corrected chi connectivity index (χ0v) is 9.59. The Kier molecular flexibility index (Phi) is 3.05. The Bertz CT molecular complexity index is 408. The molecule has 0 radical (unpaired) electrons. The Morgan fingerprint density at radius 1 is 1.07 bits per heavy atom. The van der Waals surface area contributed by atoms with Gasteiger partial charge in [-0.15, -0.1) is 0 Å². The van der Waals surface area contributed by atoms with Crippen molar-refractivity contribution in [3.63, 3.8) is 0 Å². The molecule has 1 aromatic rings. The molecule has 0 saturated heterocycles. The van der Waals surface area contributed by atoms with E-state index in [1.54, 1.807) is 5.57 Å². The lowest BCUT2D eigenvalue weighted by Crippen LogP contribution is -1.88. The summed E-state index contributed by atoms with van der Waals surface area (Å²) in [5, 5.41) is 0. The summed E-state index contributed by atoms with van der Waals surface area (Å²) in [5.41, 5.74) is 5.85. The molecule has 0 aromatic heterocycles. The molecule has 1 aromatic carbocycles. The summed E-state index contributed by atoms with van der Waals surface area (Å²) in [4.78, 5) is 0. The maximum absolute atomic E-state index is 2.36. The normalized spacial score (nSPS) is 15.1. The van der Waals surface area contributed by atoms with Crippen LogP contribution in [0.5, 0.6) is 0 Å². The lowest BCUT2D eigenvalue weighted by atomic mass is 9.99. The van der Waals surface area contributed by atoms with E-state index in [0.717, 1.165) is 12.8 Å². The molecule has 0 fully saturated rings. The van der Waals surface area contributed by atoms with Gasteiger partial charge in [-0.25, -0.2) is 0 Å². The zero-order chi connectivity index (χ0) is 10.7. The standard InChI is InChI=1S/C15H18/c1-3-12-9-10-14(11-12)15-8-6-5-7-13(15)4-2/h5-8,10-11H,3-4,9H2,1-2H3. The molecule has 0 nitrogen and oxygen atoms in total. The van der Waals surface area contributed by atoms with E-state index in [1.807, 2.05) is 0 Å². The summed E-state index contributed by atoms with van der Waals surface area (Å²) in [6.45, 7) is 4.45. The molecule has 0 saturated carbocycles. The van der Waals surface area contributed by atoms with E-state index in [2.05, 4.69) is 50.3 Å². The summed E-state index contributed by atoms with van der Waals surface area (Å²) in [6, 6.07) is 8.73. The van der Waals surface area contributed by atoms with E-state index in [9.17, 15) is 0 Å². The largest absolute Gasteiger partial charge is 0.0726 e. The highest BCUT2D eigenvalue weighted by Crippen LogP contribution is 2.29. The fraction of sp³-hybridized carbons (Fsp3) is 0.333. The van der Waals surface area contributed by atoms with Crippen LogP contribution in [0.15, 0.2) is 42.0 Å². The highest BCUT2D eigenvalue weighted by atomic mass is 14.1. The Labute approximate surface area is 92.3 Å². The van der Waals surface area contributed by atoms with E-state index >= 15 is 0 Å². The molecule has 0 aliphatic heterocycles. The van der Waals surface area contributed by atoms with Crippen LogP contribution in [0.25, 0.3) is 5.57 Å². The van der Waals surface area contributed by atoms with E-state index in [4.69, 9.17) is 0 Å². The van der Waals surface area contributed by atoms with Gasteiger partial charge in [0.25, 0.3) is 0 Å². The molecule has 0 bridgehead atoms. The average Bonchev–Trinajstić information content (AvgIpc) is 2.77.